The van der Waals surface area contributed by atoms with Crippen LogP contribution in [0.5, 0.6) is 0 Å². The molecule has 0 saturated carbocycles. The third kappa shape index (κ3) is 5.83. The quantitative estimate of drug-likeness (QED) is 0.691. The van der Waals surface area contributed by atoms with E-state index in [0.717, 1.165) is 17.7 Å². The number of alkyl halides is 3. The molecule has 142 valence electrons. The van der Waals surface area contributed by atoms with Crippen molar-refractivity contribution in [1.29, 1.82) is 0 Å². The number of pyridine rings is 1. The van der Waals surface area contributed by atoms with E-state index in [1.54, 1.807) is 12.4 Å². The Morgan fingerprint density at radius 3 is 2.41 bits per heavy atom. The zero-order chi connectivity index (χ0) is 20.0. The number of carboxylic acids is 1. The molecule has 1 N–H and O–H groups in total. The number of aromatic nitrogens is 3. The first-order chi connectivity index (χ1) is 12.7. The van der Waals surface area contributed by atoms with Crippen LogP contribution in [-0.4, -0.2) is 32.4 Å². The van der Waals surface area contributed by atoms with Gasteiger partial charge in [-0.3, -0.25) is 4.98 Å². The highest BCUT2D eigenvalue weighted by atomic mass is 19.4. The van der Waals surface area contributed by atoms with Crippen molar-refractivity contribution in [1.82, 2.24) is 15.1 Å². The first-order valence-electron chi connectivity index (χ1n) is 7.14. The summed E-state index contributed by atoms with van der Waals surface area (Å²) in [6.07, 6.45) is -1.28. The number of halogens is 5. The number of hydrogen-bond acceptors (Lipinski definition) is 5. The topological polar surface area (TPSA) is 89.1 Å². The second-order valence-electron chi connectivity index (χ2n) is 4.98. The summed E-state index contributed by atoms with van der Waals surface area (Å²) in [5, 5.41) is 10.9. The maximum Gasteiger partial charge on any atom is 0.490 e. The molecule has 0 aliphatic rings. The van der Waals surface area contributed by atoms with Gasteiger partial charge >= 0.3 is 12.1 Å². The minimum Gasteiger partial charge on any atom is -0.475 e. The second-order valence-corrected chi connectivity index (χ2v) is 4.98. The number of benzene rings is 1. The normalized spacial score (nSPS) is 10.9. The van der Waals surface area contributed by atoms with E-state index in [0.29, 0.717) is 17.9 Å². The Morgan fingerprint density at radius 2 is 1.85 bits per heavy atom. The van der Waals surface area contributed by atoms with Crippen LogP contribution in [-0.2, 0) is 11.2 Å². The van der Waals surface area contributed by atoms with Crippen LogP contribution in [0.3, 0.4) is 0 Å². The molecule has 0 saturated heterocycles. The van der Waals surface area contributed by atoms with Gasteiger partial charge in [0.2, 0.25) is 11.7 Å². The summed E-state index contributed by atoms with van der Waals surface area (Å²) in [6.45, 7) is 0. The average Bonchev–Trinajstić information content (AvgIpc) is 3.06. The van der Waals surface area contributed by atoms with E-state index in [9.17, 15) is 22.0 Å². The molecule has 27 heavy (non-hydrogen) atoms. The van der Waals surface area contributed by atoms with Crippen molar-refractivity contribution in [3.63, 3.8) is 0 Å². The number of nitrogens with zero attached hydrogens (tertiary/aromatic N) is 3. The monoisotopic (exact) mass is 387 g/mol. The molecule has 0 radical (unpaired) electrons. The number of hydrogen-bond donors (Lipinski definition) is 1. The van der Waals surface area contributed by atoms with Crippen molar-refractivity contribution in [2.45, 2.75) is 12.6 Å². The lowest BCUT2D eigenvalue weighted by Gasteiger charge is -1.95. The van der Waals surface area contributed by atoms with Gasteiger partial charge in [-0.15, -0.1) is 0 Å². The summed E-state index contributed by atoms with van der Waals surface area (Å²) in [7, 11) is 0. The molecule has 0 aliphatic heterocycles. The molecule has 1 aromatic carbocycles. The third-order valence-electron chi connectivity index (χ3n) is 2.97. The van der Waals surface area contributed by atoms with E-state index >= 15 is 0 Å². The summed E-state index contributed by atoms with van der Waals surface area (Å²) in [5.74, 6) is -4.00. The summed E-state index contributed by atoms with van der Waals surface area (Å²) < 4.78 is 62.8. The fourth-order valence-corrected chi connectivity index (χ4v) is 1.76. The summed E-state index contributed by atoms with van der Waals surface area (Å²) in [6, 6.07) is 7.16. The van der Waals surface area contributed by atoms with Gasteiger partial charge < -0.3 is 9.63 Å². The molecule has 2 aromatic heterocycles. The molecule has 2 heterocycles. The predicted octanol–water partition coefficient (Wildman–Crippen LogP) is 3.63. The third-order valence-corrected chi connectivity index (χ3v) is 2.97. The van der Waals surface area contributed by atoms with E-state index in [4.69, 9.17) is 14.4 Å². The minimum atomic E-state index is -5.08. The summed E-state index contributed by atoms with van der Waals surface area (Å²) in [4.78, 5) is 17.0. The molecule has 0 amide bonds. The lowest BCUT2D eigenvalue weighted by molar-refractivity contribution is -0.192. The number of aliphatic carboxylic acids is 1. The summed E-state index contributed by atoms with van der Waals surface area (Å²) in [5.41, 5.74) is 1.29. The van der Waals surface area contributed by atoms with E-state index in [2.05, 4.69) is 15.1 Å². The first kappa shape index (κ1) is 19.9. The van der Waals surface area contributed by atoms with Crippen LogP contribution in [0, 0.1) is 11.6 Å². The van der Waals surface area contributed by atoms with Gasteiger partial charge in [-0.2, -0.15) is 18.2 Å². The standard InChI is InChI=1S/C14H9F2N3O.C2HF3O2/c15-11-4-3-10(7-12(11)16)14-18-13(20-19-14)6-9-2-1-5-17-8-9;3-2(4,5)1(6)7/h1-5,7-8H,6H2;(H,6,7). The SMILES string of the molecule is Fc1ccc(-c2noc(Cc3cccnc3)n2)cc1F.O=C(O)C(F)(F)F. The van der Waals surface area contributed by atoms with Crippen molar-refractivity contribution < 1.29 is 36.4 Å². The van der Waals surface area contributed by atoms with Crippen molar-refractivity contribution >= 4 is 5.97 Å². The molecule has 0 fully saturated rings. The van der Waals surface area contributed by atoms with Crippen LogP contribution in [0.1, 0.15) is 11.5 Å². The Bertz CT molecular complexity index is 913. The van der Waals surface area contributed by atoms with E-state index in [1.807, 2.05) is 12.1 Å². The highest BCUT2D eigenvalue weighted by Crippen LogP contribution is 2.19. The first-order valence-corrected chi connectivity index (χ1v) is 7.14. The van der Waals surface area contributed by atoms with Gasteiger partial charge in [0.05, 0.1) is 6.42 Å². The van der Waals surface area contributed by atoms with Gasteiger partial charge in [0.25, 0.3) is 0 Å². The fourth-order valence-electron chi connectivity index (χ4n) is 1.76. The molecule has 3 aromatic rings. The molecule has 6 nitrogen and oxygen atoms in total. The molecule has 0 aliphatic carbocycles. The Balaban J connectivity index is 0.000000321. The number of rotatable bonds is 3. The molecule has 0 unspecified atom stereocenters. The van der Waals surface area contributed by atoms with Gasteiger partial charge in [-0.1, -0.05) is 11.2 Å². The van der Waals surface area contributed by atoms with Crippen LogP contribution < -0.4 is 0 Å². The molecule has 0 spiro atoms. The fraction of sp³-hybridized carbons (Fsp3) is 0.125. The molecular weight excluding hydrogens is 377 g/mol. The minimum absolute atomic E-state index is 0.225. The van der Waals surface area contributed by atoms with Gasteiger partial charge in [0, 0.05) is 18.0 Å². The van der Waals surface area contributed by atoms with E-state index in [-0.39, 0.29) is 5.82 Å². The lowest BCUT2D eigenvalue weighted by Crippen LogP contribution is -2.21. The van der Waals surface area contributed by atoms with Gasteiger partial charge in [-0.05, 0) is 29.8 Å². The van der Waals surface area contributed by atoms with E-state index in [1.165, 1.54) is 6.07 Å². The summed E-state index contributed by atoms with van der Waals surface area (Å²) >= 11 is 0. The van der Waals surface area contributed by atoms with Crippen LogP contribution >= 0.6 is 0 Å². The maximum absolute atomic E-state index is 13.1. The van der Waals surface area contributed by atoms with Crippen molar-refractivity contribution in [3.05, 3.63) is 65.8 Å². The van der Waals surface area contributed by atoms with Crippen molar-refractivity contribution in [2.24, 2.45) is 0 Å². The molecule has 0 atom stereocenters. The van der Waals surface area contributed by atoms with Crippen LogP contribution in [0.15, 0.2) is 47.2 Å². The highest BCUT2D eigenvalue weighted by molar-refractivity contribution is 5.73. The van der Waals surface area contributed by atoms with Gasteiger partial charge in [-0.25, -0.2) is 13.6 Å². The average molecular weight is 387 g/mol. The Kier molecular flexibility index (Phi) is 6.16. The number of carbonyl (C=O) groups is 1. The molecule has 0 bridgehead atoms. The molecule has 3 rings (SSSR count). The zero-order valence-corrected chi connectivity index (χ0v) is 13.2. The second kappa shape index (κ2) is 8.34. The predicted molar refractivity (Wildman–Crippen MR) is 80.4 cm³/mol. The van der Waals surface area contributed by atoms with E-state index < -0.39 is 23.8 Å². The Morgan fingerprint density at radius 1 is 1.15 bits per heavy atom. The van der Waals surface area contributed by atoms with Gasteiger partial charge in [0.15, 0.2) is 11.6 Å². The van der Waals surface area contributed by atoms with Crippen molar-refractivity contribution in [3.8, 4) is 11.4 Å². The Hall–Kier alpha value is -3.37. The van der Waals surface area contributed by atoms with Gasteiger partial charge in [0.1, 0.15) is 0 Å². The lowest BCUT2D eigenvalue weighted by atomic mass is 10.2. The van der Waals surface area contributed by atoms with Crippen LogP contribution in [0.25, 0.3) is 11.4 Å². The number of carboxylic acid groups (broad SMARTS) is 1. The van der Waals surface area contributed by atoms with Crippen LogP contribution in [0.4, 0.5) is 22.0 Å². The molecular formula is C16H10F5N3O3. The largest absolute Gasteiger partial charge is 0.490 e. The smallest absolute Gasteiger partial charge is 0.475 e. The maximum atomic E-state index is 13.1. The molecule has 11 heteroatoms. The van der Waals surface area contributed by atoms with Crippen molar-refractivity contribution in [2.75, 3.05) is 0 Å². The Labute approximate surface area is 148 Å². The zero-order valence-electron chi connectivity index (χ0n) is 13.2. The highest BCUT2D eigenvalue weighted by Gasteiger charge is 2.38. The van der Waals surface area contributed by atoms with Crippen LogP contribution in [0.2, 0.25) is 0 Å².